The van der Waals surface area contributed by atoms with Gasteiger partial charge in [0.1, 0.15) is 0 Å². The van der Waals surface area contributed by atoms with Crippen LogP contribution in [0.25, 0.3) is 0 Å². The molecule has 0 aliphatic rings. The first-order valence-corrected chi connectivity index (χ1v) is 6.28. The fraction of sp³-hybridized carbons (Fsp3) is 0.636. The normalized spacial score (nSPS) is 10.8. The molecule has 1 heterocycles. The van der Waals surface area contributed by atoms with Crippen molar-refractivity contribution in [3.63, 3.8) is 0 Å². The van der Waals surface area contributed by atoms with Crippen molar-refractivity contribution in [1.82, 2.24) is 15.2 Å². The number of nitrogens with one attached hydrogen (secondary N) is 1. The zero-order chi connectivity index (χ0) is 12.0. The molecule has 0 saturated heterocycles. The van der Waals surface area contributed by atoms with Gasteiger partial charge in [0.25, 0.3) is 0 Å². The maximum Gasteiger partial charge on any atom is 0.220 e. The van der Waals surface area contributed by atoms with Crippen molar-refractivity contribution in [2.45, 2.75) is 19.8 Å². The molecule has 0 radical (unpaired) electrons. The van der Waals surface area contributed by atoms with Gasteiger partial charge >= 0.3 is 0 Å². The summed E-state index contributed by atoms with van der Waals surface area (Å²) in [6.45, 7) is 3.56. The predicted octanol–water partition coefficient (Wildman–Crippen LogP) is 1.06. The third kappa shape index (κ3) is 5.23. The van der Waals surface area contributed by atoms with Crippen LogP contribution >= 0.6 is 11.3 Å². The van der Waals surface area contributed by atoms with E-state index in [0.717, 1.165) is 23.7 Å². The molecule has 90 valence electrons. The molecule has 1 N–H and O–H groups in total. The fourth-order valence-corrected chi connectivity index (χ4v) is 1.92. The van der Waals surface area contributed by atoms with E-state index in [2.05, 4.69) is 10.3 Å². The number of carbonyl (C=O) groups is 1. The Bertz CT molecular complexity index is 336. The molecule has 0 aliphatic carbocycles. The Balaban J connectivity index is 2.15. The van der Waals surface area contributed by atoms with E-state index in [1.165, 1.54) is 0 Å². The first-order valence-electron chi connectivity index (χ1n) is 5.40. The molecular weight excluding hydrogens is 222 g/mol. The van der Waals surface area contributed by atoms with Crippen LogP contribution in [0.3, 0.4) is 0 Å². The van der Waals surface area contributed by atoms with Crippen molar-refractivity contribution < 1.29 is 4.79 Å². The lowest BCUT2D eigenvalue weighted by Crippen LogP contribution is -2.31. The Hall–Kier alpha value is -0.940. The molecule has 0 spiro atoms. The second-order valence-corrected chi connectivity index (χ2v) is 5.07. The van der Waals surface area contributed by atoms with Gasteiger partial charge in [-0.15, -0.1) is 11.3 Å². The highest BCUT2D eigenvalue weighted by Gasteiger charge is 2.04. The molecule has 1 amide bonds. The van der Waals surface area contributed by atoms with Crippen LogP contribution in [0.5, 0.6) is 0 Å². The molecule has 16 heavy (non-hydrogen) atoms. The van der Waals surface area contributed by atoms with E-state index in [1.807, 2.05) is 31.3 Å². The number of aromatic nitrogens is 1. The van der Waals surface area contributed by atoms with Crippen molar-refractivity contribution in [1.29, 1.82) is 0 Å². The summed E-state index contributed by atoms with van der Waals surface area (Å²) in [6, 6.07) is 0. The summed E-state index contributed by atoms with van der Waals surface area (Å²) >= 11 is 1.63. The average molecular weight is 241 g/mol. The third-order valence-electron chi connectivity index (χ3n) is 2.16. The van der Waals surface area contributed by atoms with Gasteiger partial charge in [-0.25, -0.2) is 4.98 Å². The van der Waals surface area contributed by atoms with Crippen molar-refractivity contribution in [3.05, 3.63) is 16.1 Å². The number of aryl methyl sites for hydroxylation is 2. The van der Waals surface area contributed by atoms with E-state index < -0.39 is 0 Å². The highest BCUT2D eigenvalue weighted by molar-refractivity contribution is 7.09. The van der Waals surface area contributed by atoms with Crippen LogP contribution in [0.1, 0.15) is 17.1 Å². The molecule has 0 bridgehead atoms. The van der Waals surface area contributed by atoms with E-state index in [9.17, 15) is 4.79 Å². The first kappa shape index (κ1) is 13.1. The zero-order valence-electron chi connectivity index (χ0n) is 10.1. The summed E-state index contributed by atoms with van der Waals surface area (Å²) < 4.78 is 0. The Morgan fingerprint density at radius 1 is 1.56 bits per heavy atom. The number of nitrogens with zero attached hydrogens (tertiary/aromatic N) is 2. The topological polar surface area (TPSA) is 45.2 Å². The minimum atomic E-state index is 0.104. The van der Waals surface area contributed by atoms with Crippen LogP contribution < -0.4 is 5.32 Å². The molecule has 5 heteroatoms. The van der Waals surface area contributed by atoms with Crippen LogP contribution in [-0.2, 0) is 11.2 Å². The second-order valence-electron chi connectivity index (χ2n) is 4.01. The van der Waals surface area contributed by atoms with Gasteiger partial charge in [0.05, 0.1) is 10.7 Å². The molecule has 0 saturated carbocycles. The summed E-state index contributed by atoms with van der Waals surface area (Å²) in [5.41, 5.74) is 1.02. The Morgan fingerprint density at radius 3 is 2.88 bits per heavy atom. The minimum absolute atomic E-state index is 0.104. The number of rotatable bonds is 6. The van der Waals surface area contributed by atoms with Gasteiger partial charge in [0.15, 0.2) is 0 Å². The number of thiazole rings is 1. The van der Waals surface area contributed by atoms with Crippen molar-refractivity contribution in [3.8, 4) is 0 Å². The maximum atomic E-state index is 11.5. The van der Waals surface area contributed by atoms with Crippen LogP contribution in [0, 0.1) is 6.92 Å². The Kier molecular flexibility index (Phi) is 5.42. The highest BCUT2D eigenvalue weighted by atomic mass is 32.1. The molecule has 0 unspecified atom stereocenters. The van der Waals surface area contributed by atoms with E-state index in [-0.39, 0.29) is 5.91 Å². The van der Waals surface area contributed by atoms with Gasteiger partial charge in [-0.05, 0) is 27.4 Å². The van der Waals surface area contributed by atoms with E-state index in [4.69, 9.17) is 0 Å². The highest BCUT2D eigenvalue weighted by Crippen LogP contribution is 2.09. The third-order valence-corrected chi connectivity index (χ3v) is 2.98. The first-order chi connectivity index (χ1) is 7.58. The standard InChI is InChI=1S/C11H19N3OS/c1-9-13-10(8-16-9)4-5-11(15)12-6-7-14(2)3/h8H,4-7H2,1-3H3,(H,12,15). The van der Waals surface area contributed by atoms with Gasteiger partial charge in [-0.3, -0.25) is 4.79 Å². The smallest absolute Gasteiger partial charge is 0.220 e. The zero-order valence-corrected chi connectivity index (χ0v) is 10.9. The number of amides is 1. The van der Waals surface area contributed by atoms with Gasteiger partial charge in [0, 0.05) is 24.9 Å². The monoisotopic (exact) mass is 241 g/mol. The lowest BCUT2D eigenvalue weighted by molar-refractivity contribution is -0.121. The Morgan fingerprint density at radius 2 is 2.31 bits per heavy atom. The Labute approximate surface area is 101 Å². The van der Waals surface area contributed by atoms with Crippen molar-refractivity contribution in [2.24, 2.45) is 0 Å². The molecule has 0 aliphatic heterocycles. The van der Waals surface area contributed by atoms with Crippen LogP contribution in [-0.4, -0.2) is 43.0 Å². The van der Waals surface area contributed by atoms with E-state index >= 15 is 0 Å². The van der Waals surface area contributed by atoms with E-state index in [0.29, 0.717) is 13.0 Å². The SMILES string of the molecule is Cc1nc(CCC(=O)NCCN(C)C)cs1. The fourth-order valence-electron chi connectivity index (χ4n) is 1.27. The maximum absolute atomic E-state index is 11.5. The lowest BCUT2D eigenvalue weighted by atomic mass is 10.2. The van der Waals surface area contributed by atoms with Crippen LogP contribution in [0.15, 0.2) is 5.38 Å². The van der Waals surface area contributed by atoms with Crippen molar-refractivity contribution in [2.75, 3.05) is 27.2 Å². The van der Waals surface area contributed by atoms with Gasteiger partial charge < -0.3 is 10.2 Å². The number of hydrogen-bond acceptors (Lipinski definition) is 4. The average Bonchev–Trinajstić information content (AvgIpc) is 2.61. The summed E-state index contributed by atoms with van der Waals surface area (Å²) in [4.78, 5) is 17.8. The summed E-state index contributed by atoms with van der Waals surface area (Å²) in [5, 5.41) is 5.96. The lowest BCUT2D eigenvalue weighted by Gasteiger charge is -2.09. The number of hydrogen-bond donors (Lipinski definition) is 1. The summed E-state index contributed by atoms with van der Waals surface area (Å²) in [6.07, 6.45) is 1.26. The van der Waals surface area contributed by atoms with Crippen molar-refractivity contribution >= 4 is 17.2 Å². The van der Waals surface area contributed by atoms with Gasteiger partial charge in [0.2, 0.25) is 5.91 Å². The summed E-state index contributed by atoms with van der Waals surface area (Å²) in [5.74, 6) is 0.104. The molecular formula is C11H19N3OS. The minimum Gasteiger partial charge on any atom is -0.355 e. The molecule has 1 aromatic rings. The molecule has 1 rings (SSSR count). The van der Waals surface area contributed by atoms with Crippen LogP contribution in [0.2, 0.25) is 0 Å². The summed E-state index contributed by atoms with van der Waals surface area (Å²) in [7, 11) is 3.98. The molecule has 4 nitrogen and oxygen atoms in total. The molecule has 1 aromatic heterocycles. The molecule has 0 aromatic carbocycles. The molecule has 0 fully saturated rings. The predicted molar refractivity (Wildman–Crippen MR) is 66.7 cm³/mol. The largest absolute Gasteiger partial charge is 0.355 e. The number of likely N-dealkylation sites (N-methyl/N-ethyl adjacent to an activating group) is 1. The number of carbonyl (C=O) groups excluding carboxylic acids is 1. The van der Waals surface area contributed by atoms with Crippen LogP contribution in [0.4, 0.5) is 0 Å². The molecule has 0 atom stereocenters. The second kappa shape index (κ2) is 6.60. The quantitative estimate of drug-likeness (QED) is 0.810. The van der Waals surface area contributed by atoms with Gasteiger partial charge in [-0.1, -0.05) is 0 Å². The van der Waals surface area contributed by atoms with E-state index in [1.54, 1.807) is 11.3 Å². The van der Waals surface area contributed by atoms with Gasteiger partial charge in [-0.2, -0.15) is 0 Å².